The number of phosphoric ester groups is 2. The Morgan fingerprint density at radius 2 is 0.554 bits per heavy atom. The number of unbranched alkanes of at least 4 members (excludes halogenated alkanes) is 38. The third-order valence-electron chi connectivity index (χ3n) is 17.2. The number of hydrogen-bond acceptors (Lipinski definition) is 15. The van der Waals surface area contributed by atoms with Crippen LogP contribution in [0, 0.1) is 17.8 Å². The van der Waals surface area contributed by atoms with Crippen LogP contribution in [0.4, 0.5) is 0 Å². The minimum atomic E-state index is -4.95. The first-order valence-corrected chi connectivity index (χ1v) is 40.9. The van der Waals surface area contributed by atoms with Gasteiger partial charge in [-0.05, 0) is 43.4 Å². The summed E-state index contributed by atoms with van der Waals surface area (Å²) in [6.07, 6.45) is 48.7. The lowest BCUT2D eigenvalue weighted by atomic mass is 9.99. The van der Waals surface area contributed by atoms with Crippen LogP contribution >= 0.6 is 15.6 Å². The average Bonchev–Trinajstić information content (AvgIpc) is 3.73. The van der Waals surface area contributed by atoms with E-state index in [1.165, 1.54) is 167 Å². The van der Waals surface area contributed by atoms with E-state index < -0.39 is 97.5 Å². The average molecular weight is 1350 g/mol. The van der Waals surface area contributed by atoms with Crippen LogP contribution in [0.15, 0.2) is 0 Å². The third-order valence-corrected chi connectivity index (χ3v) is 19.1. The van der Waals surface area contributed by atoms with Crippen LogP contribution in [0.25, 0.3) is 0 Å². The van der Waals surface area contributed by atoms with Crippen molar-refractivity contribution in [1.29, 1.82) is 0 Å². The molecule has 0 bridgehead atoms. The number of aliphatic hydroxyl groups excluding tert-OH is 1. The molecule has 0 aromatic carbocycles. The van der Waals surface area contributed by atoms with E-state index in [-0.39, 0.29) is 25.7 Å². The van der Waals surface area contributed by atoms with Crippen molar-refractivity contribution in [3.8, 4) is 0 Å². The van der Waals surface area contributed by atoms with Crippen molar-refractivity contribution in [2.45, 2.75) is 388 Å². The number of rotatable bonds is 71. The smallest absolute Gasteiger partial charge is 0.462 e. The van der Waals surface area contributed by atoms with Gasteiger partial charge in [0.2, 0.25) is 0 Å². The predicted octanol–water partition coefficient (Wildman–Crippen LogP) is 21.0. The maximum absolute atomic E-state index is 13.1. The molecule has 3 N–H and O–H groups in total. The van der Waals surface area contributed by atoms with Crippen LogP contribution < -0.4 is 0 Å². The number of esters is 4. The summed E-state index contributed by atoms with van der Waals surface area (Å²) in [4.78, 5) is 72.5. The van der Waals surface area contributed by atoms with E-state index >= 15 is 0 Å². The van der Waals surface area contributed by atoms with Crippen molar-refractivity contribution in [3.63, 3.8) is 0 Å². The Morgan fingerprint density at radius 3 is 0.826 bits per heavy atom. The quantitative estimate of drug-likeness (QED) is 0.0222. The molecule has 0 saturated carbocycles. The molecule has 0 rings (SSSR count). The standard InChI is InChI=1S/C73H142O17P2/c1-8-10-11-12-30-40-47-54-70(75)83-60-68(90-73(78)57-50-43-36-29-28-33-39-46-53-66(7)9-2)62-87-91(79,80)85-58-67(74)59-86-92(81,82)88-63-69(61-84-71(76)55-48-41-34-26-23-19-21-25-32-38-45-52-65(5)6)89-72(77)56-49-42-35-27-22-18-16-14-13-15-17-20-24-31-37-44-51-64(3)4/h64-69,74H,8-63H2,1-7H3,(H,79,80)(H,81,82)/t66?,67-,68+,69+/m0/s1. The molecule has 3 unspecified atom stereocenters. The first-order valence-electron chi connectivity index (χ1n) is 37.9. The zero-order valence-electron chi connectivity index (χ0n) is 60.0. The molecule has 546 valence electrons. The second kappa shape index (κ2) is 63.8. The molecule has 0 aromatic heterocycles. The van der Waals surface area contributed by atoms with Crippen molar-refractivity contribution < 1.29 is 80.2 Å². The highest BCUT2D eigenvalue weighted by Gasteiger charge is 2.30. The molecule has 0 aliphatic carbocycles. The number of carbonyl (C=O) groups is 4. The molecule has 92 heavy (non-hydrogen) atoms. The zero-order chi connectivity index (χ0) is 68.0. The minimum Gasteiger partial charge on any atom is -0.462 e. The Labute approximate surface area is 562 Å². The van der Waals surface area contributed by atoms with E-state index in [2.05, 4.69) is 48.5 Å². The van der Waals surface area contributed by atoms with Crippen molar-refractivity contribution in [2.75, 3.05) is 39.6 Å². The highest BCUT2D eigenvalue weighted by molar-refractivity contribution is 7.47. The van der Waals surface area contributed by atoms with E-state index in [0.717, 1.165) is 120 Å². The lowest BCUT2D eigenvalue weighted by Gasteiger charge is -2.21. The summed E-state index contributed by atoms with van der Waals surface area (Å²) in [7, 11) is -9.90. The summed E-state index contributed by atoms with van der Waals surface area (Å²) in [5, 5.41) is 10.6. The zero-order valence-corrected chi connectivity index (χ0v) is 61.8. The number of phosphoric acid groups is 2. The van der Waals surface area contributed by atoms with Crippen molar-refractivity contribution in [1.82, 2.24) is 0 Å². The Hall–Kier alpha value is -1.94. The Kier molecular flexibility index (Phi) is 62.4. The van der Waals surface area contributed by atoms with E-state index in [4.69, 9.17) is 37.0 Å². The molecule has 19 heteroatoms. The van der Waals surface area contributed by atoms with Crippen molar-refractivity contribution in [3.05, 3.63) is 0 Å². The molecule has 0 spiro atoms. The van der Waals surface area contributed by atoms with Gasteiger partial charge in [0.05, 0.1) is 26.4 Å². The lowest BCUT2D eigenvalue weighted by Crippen LogP contribution is -2.30. The van der Waals surface area contributed by atoms with Gasteiger partial charge in [0.15, 0.2) is 12.2 Å². The third kappa shape index (κ3) is 65.4. The fourth-order valence-electron chi connectivity index (χ4n) is 11.0. The summed E-state index contributed by atoms with van der Waals surface area (Å²) >= 11 is 0. The molecule has 0 fully saturated rings. The molecule has 0 saturated heterocycles. The van der Waals surface area contributed by atoms with E-state index in [1.54, 1.807) is 0 Å². The van der Waals surface area contributed by atoms with Gasteiger partial charge in [-0.2, -0.15) is 0 Å². The van der Waals surface area contributed by atoms with Crippen LogP contribution in [0.2, 0.25) is 0 Å². The second-order valence-electron chi connectivity index (χ2n) is 27.5. The summed E-state index contributed by atoms with van der Waals surface area (Å²) in [6, 6.07) is 0. The maximum atomic E-state index is 13.1. The summed E-state index contributed by atoms with van der Waals surface area (Å²) < 4.78 is 68.3. The fraction of sp³-hybridized carbons (Fsp3) is 0.945. The second-order valence-corrected chi connectivity index (χ2v) is 30.4. The molecule has 0 aliphatic heterocycles. The monoisotopic (exact) mass is 1350 g/mol. The molecule has 6 atom stereocenters. The van der Waals surface area contributed by atoms with Gasteiger partial charge in [0, 0.05) is 25.7 Å². The van der Waals surface area contributed by atoms with Gasteiger partial charge < -0.3 is 33.8 Å². The largest absolute Gasteiger partial charge is 0.472 e. The van der Waals surface area contributed by atoms with Gasteiger partial charge in [-0.15, -0.1) is 0 Å². The highest BCUT2D eigenvalue weighted by atomic mass is 31.2. The van der Waals surface area contributed by atoms with Gasteiger partial charge in [-0.3, -0.25) is 37.3 Å². The van der Waals surface area contributed by atoms with Crippen LogP contribution in [0.1, 0.15) is 370 Å². The molecule has 0 amide bonds. The van der Waals surface area contributed by atoms with Crippen LogP contribution in [0.5, 0.6) is 0 Å². The number of ether oxygens (including phenoxy) is 4. The molecule has 0 radical (unpaired) electrons. The number of hydrogen-bond donors (Lipinski definition) is 3. The van der Waals surface area contributed by atoms with Gasteiger partial charge in [-0.1, -0.05) is 318 Å². The highest BCUT2D eigenvalue weighted by Crippen LogP contribution is 2.45. The first kappa shape index (κ1) is 90.1. The van der Waals surface area contributed by atoms with Gasteiger partial charge in [0.1, 0.15) is 19.3 Å². The van der Waals surface area contributed by atoms with Crippen LogP contribution in [0.3, 0.4) is 0 Å². The number of carbonyl (C=O) groups excluding carboxylic acids is 4. The molecular weight excluding hydrogens is 1210 g/mol. The maximum Gasteiger partial charge on any atom is 0.472 e. The Morgan fingerprint density at radius 1 is 0.315 bits per heavy atom. The summed E-state index contributed by atoms with van der Waals surface area (Å²) in [6.45, 7) is 11.9. The summed E-state index contributed by atoms with van der Waals surface area (Å²) in [5.41, 5.74) is 0. The molecule has 0 aromatic rings. The molecule has 0 heterocycles. The van der Waals surface area contributed by atoms with Crippen molar-refractivity contribution in [2.24, 2.45) is 17.8 Å². The Bertz CT molecular complexity index is 1800. The van der Waals surface area contributed by atoms with Crippen LogP contribution in [-0.4, -0.2) is 96.7 Å². The Balaban J connectivity index is 5.20. The van der Waals surface area contributed by atoms with Crippen molar-refractivity contribution >= 4 is 39.5 Å². The minimum absolute atomic E-state index is 0.104. The molecular formula is C73H142O17P2. The van der Waals surface area contributed by atoms with Gasteiger partial charge in [0.25, 0.3) is 0 Å². The first-order chi connectivity index (χ1) is 44.3. The van der Waals surface area contributed by atoms with Gasteiger partial charge >= 0.3 is 39.5 Å². The predicted molar refractivity (Wildman–Crippen MR) is 372 cm³/mol. The number of aliphatic hydroxyl groups is 1. The van der Waals surface area contributed by atoms with E-state index in [0.29, 0.717) is 25.7 Å². The lowest BCUT2D eigenvalue weighted by molar-refractivity contribution is -0.161. The van der Waals surface area contributed by atoms with Gasteiger partial charge in [-0.25, -0.2) is 9.13 Å². The normalized spacial score (nSPS) is 14.4. The molecule has 17 nitrogen and oxygen atoms in total. The van der Waals surface area contributed by atoms with E-state index in [9.17, 15) is 43.2 Å². The fourth-order valence-corrected chi connectivity index (χ4v) is 12.6. The van der Waals surface area contributed by atoms with E-state index in [1.807, 2.05) is 0 Å². The topological polar surface area (TPSA) is 237 Å². The van der Waals surface area contributed by atoms with Crippen LogP contribution in [-0.2, 0) is 65.4 Å². The SMILES string of the molecule is CCCCCCCCCC(=O)OC[C@H](COP(=O)(O)OC[C@H](O)COP(=O)(O)OC[C@@H](COC(=O)CCCCCCCCCCCCCC(C)C)OC(=O)CCCCCCCCCCCCCCCCCCC(C)C)OC(=O)CCCCCCCCCCC(C)CC. The summed E-state index contributed by atoms with van der Waals surface area (Å²) in [5.74, 6) is 0.223. The molecule has 0 aliphatic rings.